The molecule has 5 N–H and O–H groups in total. The second kappa shape index (κ2) is 40.0. The minimum Gasteiger partial charge on any atom is -0.379 e. The van der Waals surface area contributed by atoms with Gasteiger partial charge in [0.25, 0.3) is 0 Å². The third kappa shape index (κ3) is 29.7. The normalized spacial score (nSPS) is 15.2. The SMILES string of the molecule is CCCCCCCCCCCCCCOCC(CNC(=O)[C@@H]1CCCN1C(=O)[C@@H](N)CCCCN)OCCCCCCCCCCCCCC.Cl.Cl. The average molecular weight is 782 g/mol. The van der Waals surface area contributed by atoms with Gasteiger partial charge in [0.2, 0.25) is 11.8 Å². The second-order valence-electron chi connectivity index (χ2n) is 15.2. The number of carbonyl (C=O) groups is 2. The van der Waals surface area contributed by atoms with E-state index in [-0.39, 0.29) is 42.7 Å². The van der Waals surface area contributed by atoms with Gasteiger partial charge in [0.05, 0.1) is 18.8 Å². The summed E-state index contributed by atoms with van der Waals surface area (Å²) in [7, 11) is 0. The maximum Gasteiger partial charge on any atom is 0.242 e. The fourth-order valence-electron chi connectivity index (χ4n) is 7.10. The van der Waals surface area contributed by atoms with Crippen LogP contribution in [0.25, 0.3) is 0 Å². The van der Waals surface area contributed by atoms with Gasteiger partial charge in [-0.25, -0.2) is 0 Å². The van der Waals surface area contributed by atoms with Gasteiger partial charge in [0.15, 0.2) is 0 Å². The van der Waals surface area contributed by atoms with E-state index in [2.05, 4.69) is 19.2 Å². The summed E-state index contributed by atoms with van der Waals surface area (Å²) in [6, 6.07) is -1.03. The standard InChI is InChI=1S/C42H84N4O4.2ClH/c1-3-5-7-9-11-13-15-17-19-21-23-27-34-49-37-38(50-35-28-24-22-20-18-16-14-12-10-8-6-4-2)36-45-41(47)40-31-29-33-46(40)42(48)39(44)30-25-26-32-43;;/h38-40H,3-37,43-44H2,1-2H3,(H,45,47);2*1H/t38?,39-,40-;;/m0../s1. The Morgan fingerprint density at radius 3 is 1.62 bits per heavy atom. The van der Waals surface area contributed by atoms with Crippen LogP contribution in [0.4, 0.5) is 0 Å². The number of amides is 2. The van der Waals surface area contributed by atoms with Gasteiger partial charge >= 0.3 is 0 Å². The third-order valence-corrected chi connectivity index (χ3v) is 10.4. The summed E-state index contributed by atoms with van der Waals surface area (Å²) in [4.78, 5) is 28.0. The molecule has 1 saturated heterocycles. The molecule has 1 fully saturated rings. The van der Waals surface area contributed by atoms with Crippen LogP contribution in [0.2, 0.25) is 0 Å². The summed E-state index contributed by atoms with van der Waals surface area (Å²) in [5.74, 6) is -0.227. The number of ether oxygens (including phenoxy) is 2. The molecule has 0 aromatic rings. The highest BCUT2D eigenvalue weighted by Gasteiger charge is 2.36. The number of rotatable bonds is 37. The first-order valence-electron chi connectivity index (χ1n) is 21.8. The Kier molecular flexibility index (Phi) is 41.2. The monoisotopic (exact) mass is 781 g/mol. The molecule has 1 heterocycles. The van der Waals surface area contributed by atoms with Crippen LogP contribution in [0.1, 0.15) is 200 Å². The van der Waals surface area contributed by atoms with Gasteiger partial charge in [-0.15, -0.1) is 24.8 Å². The maximum atomic E-state index is 13.3. The molecule has 3 atom stereocenters. The number of nitrogens with one attached hydrogen (secondary N) is 1. The van der Waals surface area contributed by atoms with Crippen molar-refractivity contribution < 1.29 is 19.1 Å². The highest BCUT2D eigenvalue weighted by Crippen LogP contribution is 2.20. The minimum atomic E-state index is -0.574. The molecule has 52 heavy (non-hydrogen) atoms. The van der Waals surface area contributed by atoms with E-state index in [9.17, 15) is 9.59 Å². The molecule has 0 radical (unpaired) electrons. The Morgan fingerprint density at radius 2 is 1.13 bits per heavy atom. The number of nitrogens with zero attached hydrogens (tertiary/aromatic N) is 1. The van der Waals surface area contributed by atoms with Crippen LogP contribution in [-0.2, 0) is 19.1 Å². The van der Waals surface area contributed by atoms with Crippen molar-refractivity contribution in [2.75, 3.05) is 39.5 Å². The Balaban J connectivity index is 0. The summed E-state index contributed by atoms with van der Waals surface area (Å²) in [6.07, 6.45) is 35.3. The quantitative estimate of drug-likeness (QED) is 0.0540. The van der Waals surface area contributed by atoms with Crippen LogP contribution in [0.5, 0.6) is 0 Å². The highest BCUT2D eigenvalue weighted by atomic mass is 35.5. The summed E-state index contributed by atoms with van der Waals surface area (Å²) < 4.78 is 12.4. The van der Waals surface area contributed by atoms with E-state index in [1.165, 1.54) is 141 Å². The predicted octanol–water partition coefficient (Wildman–Crippen LogP) is 10.2. The average Bonchev–Trinajstić information content (AvgIpc) is 3.62. The lowest BCUT2D eigenvalue weighted by atomic mass is 10.1. The lowest BCUT2D eigenvalue weighted by Crippen LogP contribution is -2.52. The lowest BCUT2D eigenvalue weighted by molar-refractivity contribution is -0.139. The van der Waals surface area contributed by atoms with Crippen molar-refractivity contribution >= 4 is 36.6 Å². The van der Waals surface area contributed by atoms with Crippen molar-refractivity contribution in [2.45, 2.75) is 218 Å². The summed E-state index contributed by atoms with van der Waals surface area (Å²) in [6.45, 7) is 8.04. The molecule has 0 saturated carbocycles. The molecule has 0 aromatic carbocycles. The van der Waals surface area contributed by atoms with Crippen LogP contribution in [-0.4, -0.2) is 74.4 Å². The number of hydrogen-bond acceptors (Lipinski definition) is 6. The fourth-order valence-corrected chi connectivity index (χ4v) is 7.10. The first-order valence-corrected chi connectivity index (χ1v) is 21.8. The van der Waals surface area contributed by atoms with Crippen LogP contribution >= 0.6 is 24.8 Å². The topological polar surface area (TPSA) is 120 Å². The number of nitrogens with two attached hydrogens (primary N) is 2. The van der Waals surface area contributed by atoms with Gasteiger partial charge in [0, 0.05) is 26.3 Å². The number of hydrogen-bond donors (Lipinski definition) is 3. The number of carbonyl (C=O) groups excluding carboxylic acids is 2. The number of halogens is 2. The van der Waals surface area contributed by atoms with Crippen LogP contribution in [0, 0.1) is 0 Å². The van der Waals surface area contributed by atoms with E-state index in [0.717, 1.165) is 38.7 Å². The van der Waals surface area contributed by atoms with Gasteiger partial charge in [-0.1, -0.05) is 162 Å². The molecule has 1 aliphatic rings. The molecule has 0 aliphatic carbocycles. The van der Waals surface area contributed by atoms with Crippen molar-refractivity contribution in [2.24, 2.45) is 11.5 Å². The zero-order valence-corrected chi connectivity index (χ0v) is 35.7. The summed E-state index contributed by atoms with van der Waals surface area (Å²) >= 11 is 0. The zero-order chi connectivity index (χ0) is 36.3. The first-order chi connectivity index (χ1) is 24.5. The van der Waals surface area contributed by atoms with E-state index in [1.807, 2.05) is 0 Å². The molecule has 312 valence electrons. The number of likely N-dealkylation sites (tertiary alicyclic amines) is 1. The van der Waals surface area contributed by atoms with Gasteiger partial charge in [-0.05, 0) is 45.1 Å². The molecular formula is C42H86Cl2N4O4. The van der Waals surface area contributed by atoms with E-state index in [0.29, 0.717) is 45.7 Å². The minimum absolute atomic E-state index is 0. The molecule has 8 nitrogen and oxygen atoms in total. The molecule has 0 aromatic heterocycles. The smallest absolute Gasteiger partial charge is 0.242 e. The Morgan fingerprint density at radius 1 is 0.673 bits per heavy atom. The van der Waals surface area contributed by atoms with E-state index in [1.54, 1.807) is 4.90 Å². The van der Waals surface area contributed by atoms with Gasteiger partial charge < -0.3 is 31.2 Å². The van der Waals surface area contributed by atoms with Gasteiger partial charge in [0.1, 0.15) is 6.04 Å². The summed E-state index contributed by atoms with van der Waals surface area (Å²) in [5.41, 5.74) is 11.8. The van der Waals surface area contributed by atoms with Crippen LogP contribution < -0.4 is 16.8 Å². The second-order valence-corrected chi connectivity index (χ2v) is 15.2. The first kappa shape index (κ1) is 53.5. The van der Waals surface area contributed by atoms with Crippen molar-refractivity contribution in [1.29, 1.82) is 0 Å². The van der Waals surface area contributed by atoms with E-state index >= 15 is 0 Å². The molecule has 1 unspecified atom stereocenters. The van der Waals surface area contributed by atoms with Crippen LogP contribution in [0.3, 0.4) is 0 Å². The number of unbranched alkanes of at least 4 members (excludes halogenated alkanes) is 23. The van der Waals surface area contributed by atoms with Gasteiger partial charge in [-0.3, -0.25) is 9.59 Å². The molecular weight excluding hydrogens is 695 g/mol. The Hall–Kier alpha value is -0.640. The van der Waals surface area contributed by atoms with E-state index < -0.39 is 12.1 Å². The lowest BCUT2D eigenvalue weighted by Gasteiger charge is -2.27. The molecule has 0 bridgehead atoms. The molecule has 0 spiro atoms. The van der Waals surface area contributed by atoms with Crippen molar-refractivity contribution in [3.8, 4) is 0 Å². The highest BCUT2D eigenvalue weighted by molar-refractivity contribution is 5.90. The van der Waals surface area contributed by atoms with Gasteiger partial charge in [-0.2, -0.15) is 0 Å². The molecule has 2 amide bonds. The van der Waals surface area contributed by atoms with Crippen molar-refractivity contribution in [3.05, 3.63) is 0 Å². The maximum absolute atomic E-state index is 13.3. The third-order valence-electron chi connectivity index (χ3n) is 10.4. The molecule has 10 heteroatoms. The van der Waals surface area contributed by atoms with Crippen molar-refractivity contribution in [3.63, 3.8) is 0 Å². The molecule has 1 aliphatic heterocycles. The summed E-state index contributed by atoms with van der Waals surface area (Å²) in [5, 5.41) is 3.10. The largest absolute Gasteiger partial charge is 0.379 e. The predicted molar refractivity (Wildman–Crippen MR) is 226 cm³/mol. The Labute approximate surface area is 334 Å². The molecule has 1 rings (SSSR count). The zero-order valence-electron chi connectivity index (χ0n) is 34.0. The fraction of sp³-hybridized carbons (Fsp3) is 0.952. The van der Waals surface area contributed by atoms with Crippen molar-refractivity contribution in [1.82, 2.24) is 10.2 Å². The Bertz CT molecular complexity index is 782. The van der Waals surface area contributed by atoms with E-state index in [4.69, 9.17) is 20.9 Å². The van der Waals surface area contributed by atoms with Crippen LogP contribution in [0.15, 0.2) is 0 Å².